The van der Waals surface area contributed by atoms with Crippen molar-refractivity contribution in [3.05, 3.63) is 0 Å². The molecule has 0 radical (unpaired) electrons. The molecule has 1 fully saturated rings. The molecule has 10 nitrogen and oxygen atoms in total. The molecule has 1 aliphatic rings. The Kier molecular flexibility index (Phi) is 31.1. The van der Waals surface area contributed by atoms with E-state index in [4.69, 9.17) is 28.6 Å². The molecule has 0 aromatic heterocycles. The van der Waals surface area contributed by atoms with Crippen LogP contribution in [0.5, 0.6) is 0 Å². The van der Waals surface area contributed by atoms with Crippen molar-refractivity contribution in [3.8, 4) is 18.4 Å². The lowest BCUT2D eigenvalue weighted by molar-refractivity contribution is -0.286. The van der Waals surface area contributed by atoms with E-state index >= 15 is 0 Å². The summed E-state index contributed by atoms with van der Waals surface area (Å²) in [6.45, 7) is 18.1. The van der Waals surface area contributed by atoms with Crippen LogP contribution in [0, 0.1) is 23.7 Å². The predicted octanol–water partition coefficient (Wildman–Crippen LogP) is 4.02. The lowest BCUT2D eigenvalue weighted by Gasteiger charge is -2.38. The summed E-state index contributed by atoms with van der Waals surface area (Å²) in [4.78, 5) is 33.2. The number of thiocarbonyl (C=S) groups is 1. The molecule has 6 unspecified atom stereocenters. The van der Waals surface area contributed by atoms with E-state index in [0.717, 1.165) is 16.2 Å². The van der Waals surface area contributed by atoms with Crippen LogP contribution in [0.4, 0.5) is 0 Å². The number of aliphatic hydroxyl groups excluding tert-OH is 3. The molecule has 40 heavy (non-hydrogen) atoms. The molecule has 1 heterocycles. The zero-order chi connectivity index (χ0) is 32.5. The van der Waals surface area contributed by atoms with Crippen molar-refractivity contribution in [3.63, 3.8) is 0 Å². The van der Waals surface area contributed by atoms with Gasteiger partial charge in [0.15, 0.2) is 12.7 Å². The second-order valence-electron chi connectivity index (χ2n) is 7.15. The van der Waals surface area contributed by atoms with Crippen LogP contribution in [-0.4, -0.2) is 84.4 Å². The predicted molar refractivity (Wildman–Crippen MR) is 165 cm³/mol. The van der Waals surface area contributed by atoms with E-state index in [1.165, 1.54) is 11.8 Å². The third-order valence-corrected chi connectivity index (χ3v) is 6.79. The van der Waals surface area contributed by atoms with E-state index in [2.05, 4.69) is 15.5 Å². The number of terminal acetylenes is 1. The summed E-state index contributed by atoms with van der Waals surface area (Å²) in [6.07, 6.45) is -2.45. The van der Waals surface area contributed by atoms with Crippen molar-refractivity contribution in [1.82, 2.24) is 0 Å². The highest BCUT2D eigenvalue weighted by Crippen LogP contribution is 2.34. The highest BCUT2D eigenvalue weighted by molar-refractivity contribution is 8.47. The fraction of sp³-hybridized carbons (Fsp3) is 0.741. The summed E-state index contributed by atoms with van der Waals surface area (Å²) in [5.41, 5.74) is 0. The first-order valence-electron chi connectivity index (χ1n) is 13.0. The maximum absolute atomic E-state index is 11.5. The maximum Gasteiger partial charge on any atom is 0.339 e. The topological polar surface area (TPSA) is 163 Å². The van der Waals surface area contributed by atoms with Gasteiger partial charge < -0.3 is 34.3 Å². The molecule has 0 saturated carbocycles. The van der Waals surface area contributed by atoms with E-state index in [9.17, 15) is 29.7 Å². The summed E-state index contributed by atoms with van der Waals surface area (Å²) in [6, 6.07) is 2.23. The average molecular weight is 626 g/mol. The van der Waals surface area contributed by atoms with Gasteiger partial charge in [-0.1, -0.05) is 78.4 Å². The molecule has 232 valence electrons. The minimum Gasteiger partial charge on any atom is -0.451 e. The zero-order valence-electron chi connectivity index (χ0n) is 25.3. The van der Waals surface area contributed by atoms with E-state index in [1.807, 2.05) is 61.3 Å². The Morgan fingerprint density at radius 3 is 1.98 bits per heavy atom. The van der Waals surface area contributed by atoms with Crippen LogP contribution in [0.1, 0.15) is 82.1 Å². The SMILES string of the molecule is C#CCOC(=O)C1OC(OC(C)=O)C(O)C(O)C1O.CC.CC.CC.CCSC(=S)SC(C)(C#N)CCC(C)=O. The van der Waals surface area contributed by atoms with Crippen molar-refractivity contribution in [1.29, 1.82) is 5.26 Å². The van der Waals surface area contributed by atoms with Crippen molar-refractivity contribution in [2.45, 2.75) is 118 Å². The van der Waals surface area contributed by atoms with Gasteiger partial charge in [-0.05, 0) is 26.0 Å². The van der Waals surface area contributed by atoms with Gasteiger partial charge in [0.1, 0.15) is 32.4 Å². The smallest absolute Gasteiger partial charge is 0.339 e. The van der Waals surface area contributed by atoms with Crippen LogP contribution in [0.2, 0.25) is 0 Å². The van der Waals surface area contributed by atoms with Crippen molar-refractivity contribution < 1.29 is 43.9 Å². The monoisotopic (exact) mass is 625 g/mol. The highest BCUT2D eigenvalue weighted by Gasteiger charge is 2.48. The number of carbonyl (C=O) groups is 3. The third-order valence-electron chi connectivity index (χ3n) is 4.14. The van der Waals surface area contributed by atoms with Crippen LogP contribution in [0.15, 0.2) is 0 Å². The minimum atomic E-state index is -1.73. The number of nitrogens with zero attached hydrogens (tertiary/aromatic N) is 1. The van der Waals surface area contributed by atoms with Gasteiger partial charge >= 0.3 is 11.9 Å². The van der Waals surface area contributed by atoms with E-state index in [0.29, 0.717) is 12.8 Å². The van der Waals surface area contributed by atoms with Gasteiger partial charge in [0.2, 0.25) is 6.29 Å². The van der Waals surface area contributed by atoms with Crippen molar-refractivity contribution in [2.24, 2.45) is 0 Å². The third kappa shape index (κ3) is 20.2. The molecule has 3 N–H and O–H groups in total. The molecular formula is C27H47NO9S3. The van der Waals surface area contributed by atoms with Gasteiger partial charge in [-0.15, -0.1) is 18.2 Å². The fourth-order valence-electron chi connectivity index (χ4n) is 2.37. The number of nitriles is 1. The molecule has 0 aliphatic carbocycles. The number of hydrogen-bond donors (Lipinski definition) is 3. The number of carbonyl (C=O) groups excluding carboxylic acids is 3. The van der Waals surface area contributed by atoms with E-state index in [-0.39, 0.29) is 12.4 Å². The van der Waals surface area contributed by atoms with Crippen LogP contribution < -0.4 is 0 Å². The van der Waals surface area contributed by atoms with E-state index < -0.39 is 47.4 Å². The molecular weight excluding hydrogens is 578 g/mol. The number of hydrogen-bond acceptors (Lipinski definition) is 13. The Morgan fingerprint density at radius 1 is 1.05 bits per heavy atom. The summed E-state index contributed by atoms with van der Waals surface area (Å²) in [5.74, 6) is 1.25. The first kappa shape index (κ1) is 45.3. The van der Waals surface area contributed by atoms with Gasteiger partial charge in [-0.3, -0.25) is 4.79 Å². The first-order valence-corrected chi connectivity index (χ1v) is 15.3. The van der Waals surface area contributed by atoms with Crippen LogP contribution in [0.25, 0.3) is 0 Å². The lowest BCUT2D eigenvalue weighted by atomic mass is 9.99. The van der Waals surface area contributed by atoms with Gasteiger partial charge in [-0.2, -0.15) is 5.26 Å². The standard InChI is InChI=1S/C11H14O8.C10H15NOS3.3C2H6/c1-3-4-17-10(16)9-7(14)6(13)8(15)11(19-9)18-5(2)12;1-4-14-9(13)15-10(3,7-11)6-5-8(2)12;3*1-2/h1,6-9,11,13-15H,4H2,2H3;4-6H2,1-3H3;3*1-2H3. The molecule has 1 rings (SSSR count). The largest absolute Gasteiger partial charge is 0.451 e. The number of aliphatic hydroxyl groups is 3. The lowest BCUT2D eigenvalue weighted by Crippen LogP contribution is -2.60. The normalized spacial score (nSPS) is 21.9. The quantitative estimate of drug-likeness (QED) is 0.201. The Labute approximate surface area is 253 Å². The first-order chi connectivity index (χ1) is 18.8. The number of esters is 2. The fourth-order valence-corrected chi connectivity index (χ4v) is 5.27. The van der Waals surface area contributed by atoms with Gasteiger partial charge in [0.05, 0.1) is 6.07 Å². The van der Waals surface area contributed by atoms with Gasteiger partial charge in [0, 0.05) is 13.3 Å². The Balaban J connectivity index is -0.000000278. The minimum absolute atomic E-state index is 0.117. The van der Waals surface area contributed by atoms with Crippen LogP contribution in [-0.2, 0) is 28.6 Å². The maximum atomic E-state index is 11.5. The molecule has 0 spiro atoms. The summed E-state index contributed by atoms with van der Waals surface area (Å²) >= 11 is 8.10. The second-order valence-corrected chi connectivity index (χ2v) is 11.1. The Bertz CT molecular complexity index is 814. The average Bonchev–Trinajstić information content (AvgIpc) is 2.94. The summed E-state index contributed by atoms with van der Waals surface area (Å²) < 4.78 is 14.2. The Morgan fingerprint density at radius 2 is 1.57 bits per heavy atom. The molecule has 1 saturated heterocycles. The van der Waals surface area contributed by atoms with Gasteiger partial charge in [0.25, 0.3) is 0 Å². The van der Waals surface area contributed by atoms with Crippen LogP contribution in [0.3, 0.4) is 0 Å². The van der Waals surface area contributed by atoms with Crippen molar-refractivity contribution in [2.75, 3.05) is 12.4 Å². The summed E-state index contributed by atoms with van der Waals surface area (Å²) in [7, 11) is 0. The number of ketones is 1. The second kappa shape index (κ2) is 27.5. The van der Waals surface area contributed by atoms with Crippen LogP contribution >= 0.6 is 35.7 Å². The molecule has 0 aromatic rings. The molecule has 6 atom stereocenters. The molecule has 0 aromatic carbocycles. The molecule has 13 heteroatoms. The zero-order valence-corrected chi connectivity index (χ0v) is 27.7. The Hall–Kier alpha value is -1.71. The molecule has 1 aliphatic heterocycles. The van der Waals surface area contributed by atoms with E-state index in [1.54, 1.807) is 18.7 Å². The highest BCUT2D eigenvalue weighted by atomic mass is 32.2. The molecule has 0 amide bonds. The number of ether oxygens (including phenoxy) is 3. The van der Waals surface area contributed by atoms with Crippen molar-refractivity contribution >= 4 is 57.0 Å². The summed E-state index contributed by atoms with van der Waals surface area (Å²) in [5, 5.41) is 37.8. The molecule has 0 bridgehead atoms. The number of thioether (sulfide) groups is 2. The van der Waals surface area contributed by atoms with Gasteiger partial charge in [-0.25, -0.2) is 4.79 Å². The number of Topliss-reactive ketones (excluding diaryl/α,β-unsaturated/α-hetero) is 1. The number of rotatable bonds is 8.